The van der Waals surface area contributed by atoms with Crippen LogP contribution in [0, 0.1) is 11.6 Å². The number of benzene rings is 1. The number of nitrogens with two attached hydrogens (primary N) is 1. The molecule has 1 atom stereocenters. The average molecular weight is 281 g/mol. The zero-order valence-electron chi connectivity index (χ0n) is 11.2. The third kappa shape index (κ3) is 2.85. The fourth-order valence-corrected chi connectivity index (χ4v) is 2.92. The molecule has 1 aromatic heterocycles. The normalized spacial score (nSPS) is 13.6. The maximum absolute atomic E-state index is 13.7. The molecule has 0 radical (unpaired) electrons. The molecule has 0 bridgehead atoms. The SMILES string of the molecule is CC(C)(C)c1ccc(C(N)c2cccc(F)c2F)s1. The lowest BCUT2D eigenvalue weighted by Gasteiger charge is -2.16. The number of hydrogen-bond acceptors (Lipinski definition) is 2. The minimum absolute atomic E-state index is 0.0309. The third-order valence-corrected chi connectivity index (χ3v) is 4.58. The zero-order valence-corrected chi connectivity index (χ0v) is 12.0. The van der Waals surface area contributed by atoms with E-state index in [1.165, 1.54) is 17.0 Å². The highest BCUT2D eigenvalue weighted by atomic mass is 32.1. The van der Waals surface area contributed by atoms with Crippen LogP contribution in [-0.4, -0.2) is 0 Å². The Morgan fingerprint density at radius 3 is 2.37 bits per heavy atom. The molecule has 2 aromatic rings. The van der Waals surface area contributed by atoms with Crippen molar-refractivity contribution in [1.29, 1.82) is 0 Å². The zero-order chi connectivity index (χ0) is 14.2. The van der Waals surface area contributed by atoms with Gasteiger partial charge >= 0.3 is 0 Å². The van der Waals surface area contributed by atoms with E-state index in [1.807, 2.05) is 12.1 Å². The van der Waals surface area contributed by atoms with Crippen LogP contribution in [0.15, 0.2) is 30.3 Å². The van der Waals surface area contributed by atoms with Crippen LogP contribution in [0.4, 0.5) is 8.78 Å². The van der Waals surface area contributed by atoms with Crippen LogP contribution in [0.2, 0.25) is 0 Å². The van der Waals surface area contributed by atoms with E-state index in [0.29, 0.717) is 0 Å². The predicted molar refractivity (Wildman–Crippen MR) is 75.4 cm³/mol. The van der Waals surface area contributed by atoms with E-state index in [1.54, 1.807) is 11.3 Å². The Kier molecular flexibility index (Phi) is 3.74. The Morgan fingerprint density at radius 2 is 1.79 bits per heavy atom. The van der Waals surface area contributed by atoms with Crippen molar-refractivity contribution in [2.45, 2.75) is 32.2 Å². The van der Waals surface area contributed by atoms with Gasteiger partial charge in [0.2, 0.25) is 0 Å². The molecule has 2 N–H and O–H groups in total. The summed E-state index contributed by atoms with van der Waals surface area (Å²) in [7, 11) is 0. The Labute approximate surface area is 116 Å². The topological polar surface area (TPSA) is 26.0 Å². The molecule has 4 heteroatoms. The first-order chi connectivity index (χ1) is 8.80. The highest BCUT2D eigenvalue weighted by Gasteiger charge is 2.21. The van der Waals surface area contributed by atoms with E-state index in [-0.39, 0.29) is 11.0 Å². The largest absolute Gasteiger partial charge is 0.320 e. The summed E-state index contributed by atoms with van der Waals surface area (Å²) in [6.45, 7) is 6.32. The Morgan fingerprint density at radius 1 is 1.11 bits per heavy atom. The van der Waals surface area contributed by atoms with Crippen LogP contribution in [0.5, 0.6) is 0 Å². The van der Waals surface area contributed by atoms with Crippen molar-refractivity contribution in [3.8, 4) is 0 Å². The Bertz CT molecular complexity index is 584. The first-order valence-corrected chi connectivity index (χ1v) is 6.92. The summed E-state index contributed by atoms with van der Waals surface area (Å²) < 4.78 is 27.0. The molecule has 0 saturated heterocycles. The highest BCUT2D eigenvalue weighted by molar-refractivity contribution is 7.12. The summed E-state index contributed by atoms with van der Waals surface area (Å²) in [6, 6.07) is 7.36. The summed E-state index contributed by atoms with van der Waals surface area (Å²) in [6.07, 6.45) is 0. The molecule has 0 aliphatic rings. The van der Waals surface area contributed by atoms with Gasteiger partial charge in [0.25, 0.3) is 0 Å². The van der Waals surface area contributed by atoms with Gasteiger partial charge in [-0.1, -0.05) is 32.9 Å². The van der Waals surface area contributed by atoms with Gasteiger partial charge in [0, 0.05) is 15.3 Å². The first kappa shape index (κ1) is 14.2. The molecule has 102 valence electrons. The van der Waals surface area contributed by atoms with Gasteiger partial charge in [0.05, 0.1) is 6.04 Å². The number of rotatable bonds is 2. The number of hydrogen-bond donors (Lipinski definition) is 1. The molecule has 0 aliphatic carbocycles. The minimum Gasteiger partial charge on any atom is -0.320 e. The van der Waals surface area contributed by atoms with Gasteiger partial charge in [-0.3, -0.25) is 0 Å². The monoisotopic (exact) mass is 281 g/mol. The molecule has 1 unspecified atom stereocenters. The van der Waals surface area contributed by atoms with Gasteiger partial charge in [0.15, 0.2) is 11.6 Å². The molecule has 0 spiro atoms. The van der Waals surface area contributed by atoms with E-state index >= 15 is 0 Å². The van der Waals surface area contributed by atoms with Crippen molar-refractivity contribution in [2.24, 2.45) is 5.73 Å². The second-order valence-corrected chi connectivity index (χ2v) is 6.69. The highest BCUT2D eigenvalue weighted by Crippen LogP contribution is 2.34. The van der Waals surface area contributed by atoms with Crippen LogP contribution in [-0.2, 0) is 5.41 Å². The average Bonchev–Trinajstić information content (AvgIpc) is 2.81. The molecular weight excluding hydrogens is 264 g/mol. The summed E-state index contributed by atoms with van der Waals surface area (Å²) >= 11 is 1.54. The lowest BCUT2D eigenvalue weighted by Crippen LogP contribution is -2.13. The number of thiophene rings is 1. The Hall–Kier alpha value is -1.26. The molecular formula is C15H17F2NS. The fourth-order valence-electron chi connectivity index (χ4n) is 1.84. The van der Waals surface area contributed by atoms with E-state index in [9.17, 15) is 8.78 Å². The molecule has 0 fully saturated rings. The smallest absolute Gasteiger partial charge is 0.163 e. The summed E-state index contributed by atoms with van der Waals surface area (Å²) in [5, 5.41) is 0. The molecule has 0 amide bonds. The second-order valence-electron chi connectivity index (χ2n) is 5.57. The molecule has 19 heavy (non-hydrogen) atoms. The van der Waals surface area contributed by atoms with Gasteiger partial charge in [0.1, 0.15) is 0 Å². The van der Waals surface area contributed by atoms with Gasteiger partial charge in [-0.2, -0.15) is 0 Å². The lowest BCUT2D eigenvalue weighted by molar-refractivity contribution is 0.495. The minimum atomic E-state index is -0.861. The maximum atomic E-state index is 13.7. The summed E-state index contributed by atoms with van der Waals surface area (Å²) in [5.41, 5.74) is 6.27. The molecule has 1 heterocycles. The summed E-state index contributed by atoms with van der Waals surface area (Å²) in [5.74, 6) is -1.72. The maximum Gasteiger partial charge on any atom is 0.163 e. The van der Waals surface area contributed by atoms with Gasteiger partial charge in [-0.25, -0.2) is 8.78 Å². The van der Waals surface area contributed by atoms with Gasteiger partial charge in [-0.15, -0.1) is 11.3 Å². The fraction of sp³-hybridized carbons (Fsp3) is 0.333. The molecule has 2 rings (SSSR count). The van der Waals surface area contributed by atoms with E-state index in [0.717, 1.165) is 10.9 Å². The van der Waals surface area contributed by atoms with Crippen molar-refractivity contribution < 1.29 is 8.78 Å². The molecule has 0 aliphatic heterocycles. The standard InChI is InChI=1S/C15H17F2NS/c1-15(2,3)12-8-7-11(19-12)14(18)9-5-4-6-10(16)13(9)17/h4-8,14H,18H2,1-3H3. The van der Waals surface area contributed by atoms with Crippen molar-refractivity contribution in [3.05, 3.63) is 57.3 Å². The van der Waals surface area contributed by atoms with Gasteiger partial charge in [-0.05, 0) is 23.6 Å². The van der Waals surface area contributed by atoms with Crippen molar-refractivity contribution in [1.82, 2.24) is 0 Å². The molecule has 1 nitrogen and oxygen atoms in total. The van der Waals surface area contributed by atoms with Crippen LogP contribution in [0.1, 0.15) is 42.1 Å². The van der Waals surface area contributed by atoms with Crippen molar-refractivity contribution in [2.75, 3.05) is 0 Å². The quantitative estimate of drug-likeness (QED) is 0.869. The third-order valence-electron chi connectivity index (χ3n) is 2.99. The van der Waals surface area contributed by atoms with Crippen molar-refractivity contribution in [3.63, 3.8) is 0 Å². The number of halogens is 2. The second kappa shape index (κ2) is 5.02. The Balaban J connectivity index is 2.37. The van der Waals surface area contributed by atoms with Crippen LogP contribution in [0.3, 0.4) is 0 Å². The van der Waals surface area contributed by atoms with E-state index in [2.05, 4.69) is 20.8 Å². The van der Waals surface area contributed by atoms with Crippen LogP contribution >= 0.6 is 11.3 Å². The van der Waals surface area contributed by atoms with E-state index in [4.69, 9.17) is 5.73 Å². The van der Waals surface area contributed by atoms with Crippen molar-refractivity contribution >= 4 is 11.3 Å². The molecule has 1 aromatic carbocycles. The summed E-state index contributed by atoms with van der Waals surface area (Å²) in [4.78, 5) is 2.02. The molecule has 0 saturated carbocycles. The predicted octanol–water partition coefficient (Wildman–Crippen LogP) is 4.37. The van der Waals surface area contributed by atoms with E-state index < -0.39 is 17.7 Å². The van der Waals surface area contributed by atoms with Crippen LogP contribution in [0.25, 0.3) is 0 Å². The first-order valence-electron chi connectivity index (χ1n) is 6.10. The lowest BCUT2D eigenvalue weighted by atomic mass is 9.95. The van der Waals surface area contributed by atoms with Gasteiger partial charge < -0.3 is 5.73 Å². The van der Waals surface area contributed by atoms with Crippen LogP contribution < -0.4 is 5.73 Å².